The summed E-state index contributed by atoms with van der Waals surface area (Å²) in [7, 11) is 0. The van der Waals surface area contributed by atoms with E-state index >= 15 is 0 Å². The van der Waals surface area contributed by atoms with Gasteiger partial charge in [-0.3, -0.25) is 0 Å². The van der Waals surface area contributed by atoms with Crippen molar-refractivity contribution in [2.75, 3.05) is 6.54 Å². The number of hydrogen-bond donors (Lipinski definition) is 1. The first-order valence-electron chi connectivity index (χ1n) is 9.27. The van der Waals surface area contributed by atoms with Crippen LogP contribution in [0, 0.1) is 0 Å². The van der Waals surface area contributed by atoms with Crippen LogP contribution in [0.2, 0.25) is 0 Å². The molecule has 1 saturated carbocycles. The van der Waals surface area contributed by atoms with Gasteiger partial charge < -0.3 is 5.32 Å². The van der Waals surface area contributed by atoms with Gasteiger partial charge in [0.1, 0.15) is 0 Å². The average molecular weight is 344 g/mol. The van der Waals surface area contributed by atoms with E-state index in [0.29, 0.717) is 5.92 Å². The monoisotopic (exact) mass is 343 g/mol. The molecule has 0 spiro atoms. The fourth-order valence-electron chi connectivity index (χ4n) is 3.81. The molecule has 0 aliphatic heterocycles. The molecule has 0 saturated heterocycles. The van der Waals surface area contributed by atoms with Gasteiger partial charge in [0.25, 0.3) is 0 Å². The van der Waals surface area contributed by atoms with Gasteiger partial charge in [0.05, 0.1) is 0 Å². The van der Waals surface area contributed by atoms with Crippen LogP contribution in [0.4, 0.5) is 0 Å². The Kier molecular flexibility index (Phi) is 8.35. The lowest BCUT2D eigenvalue weighted by atomic mass is 9.88. The van der Waals surface area contributed by atoms with Crippen molar-refractivity contribution in [3.8, 4) is 0 Å². The Morgan fingerprint density at radius 1 is 0.750 bits per heavy atom. The number of nitrogens with one attached hydrogen (secondary N) is 1. The first-order chi connectivity index (χ1) is 11.4. The first-order valence-corrected chi connectivity index (χ1v) is 9.27. The van der Waals surface area contributed by atoms with Gasteiger partial charge in [0.15, 0.2) is 0 Å². The van der Waals surface area contributed by atoms with Crippen LogP contribution in [0.5, 0.6) is 0 Å². The lowest BCUT2D eigenvalue weighted by molar-refractivity contribution is 0.449. The Morgan fingerprint density at radius 3 is 1.75 bits per heavy atom. The summed E-state index contributed by atoms with van der Waals surface area (Å²) in [5.41, 5.74) is 2.86. The maximum absolute atomic E-state index is 3.83. The molecular formula is C22H30ClN. The Balaban J connectivity index is 0.00000208. The molecule has 1 aliphatic rings. The van der Waals surface area contributed by atoms with E-state index in [1.165, 1.54) is 56.1 Å². The highest BCUT2D eigenvalue weighted by molar-refractivity contribution is 5.85. The predicted molar refractivity (Wildman–Crippen MR) is 106 cm³/mol. The molecule has 2 aromatic rings. The molecule has 24 heavy (non-hydrogen) atoms. The molecule has 0 unspecified atom stereocenters. The molecule has 0 aromatic heterocycles. The molecule has 2 heteroatoms. The standard InChI is InChI=1S/C22H29N.ClH/c1-2-10-16-21(15-9-1)23-18-17-22(19-11-5-3-6-12-19)20-13-7-4-8-14-20;/h3-8,11-14,21-23H,1-2,9-10,15-18H2;1H. The summed E-state index contributed by atoms with van der Waals surface area (Å²) < 4.78 is 0. The fraction of sp³-hybridized carbons (Fsp3) is 0.455. The van der Waals surface area contributed by atoms with Crippen LogP contribution in [-0.2, 0) is 0 Å². The highest BCUT2D eigenvalue weighted by Gasteiger charge is 2.15. The highest BCUT2D eigenvalue weighted by Crippen LogP contribution is 2.27. The molecule has 1 fully saturated rings. The van der Waals surface area contributed by atoms with Crippen LogP contribution < -0.4 is 5.32 Å². The number of benzene rings is 2. The SMILES string of the molecule is Cl.c1ccc(C(CCNC2CCCCCC2)c2ccccc2)cc1. The smallest absolute Gasteiger partial charge is 0.0101 e. The zero-order chi connectivity index (χ0) is 15.7. The maximum atomic E-state index is 3.83. The minimum atomic E-state index is 0. The number of halogens is 1. The second-order valence-electron chi connectivity index (χ2n) is 6.81. The summed E-state index contributed by atoms with van der Waals surface area (Å²) >= 11 is 0. The van der Waals surface area contributed by atoms with E-state index in [9.17, 15) is 0 Å². The normalized spacial score (nSPS) is 15.7. The van der Waals surface area contributed by atoms with E-state index in [2.05, 4.69) is 66.0 Å². The Bertz CT molecular complexity index is 507. The second kappa shape index (κ2) is 10.5. The van der Waals surface area contributed by atoms with Crippen LogP contribution in [0.15, 0.2) is 60.7 Å². The van der Waals surface area contributed by atoms with Crippen molar-refractivity contribution in [1.82, 2.24) is 5.32 Å². The van der Waals surface area contributed by atoms with Gasteiger partial charge in [-0.15, -0.1) is 12.4 Å². The average Bonchev–Trinajstić information content (AvgIpc) is 2.89. The third-order valence-corrected chi connectivity index (χ3v) is 5.13. The Hall–Kier alpha value is -1.31. The van der Waals surface area contributed by atoms with Crippen molar-refractivity contribution in [1.29, 1.82) is 0 Å². The van der Waals surface area contributed by atoms with E-state index in [-0.39, 0.29) is 12.4 Å². The van der Waals surface area contributed by atoms with Crippen molar-refractivity contribution in [3.05, 3.63) is 71.8 Å². The second-order valence-corrected chi connectivity index (χ2v) is 6.81. The van der Waals surface area contributed by atoms with Crippen LogP contribution in [0.3, 0.4) is 0 Å². The van der Waals surface area contributed by atoms with E-state index in [1.807, 2.05) is 0 Å². The topological polar surface area (TPSA) is 12.0 Å². The van der Waals surface area contributed by atoms with Gasteiger partial charge in [0.2, 0.25) is 0 Å². The quantitative estimate of drug-likeness (QED) is 0.640. The summed E-state index contributed by atoms with van der Waals surface area (Å²) in [5, 5.41) is 3.83. The maximum Gasteiger partial charge on any atom is 0.0101 e. The molecular weight excluding hydrogens is 314 g/mol. The van der Waals surface area contributed by atoms with E-state index in [4.69, 9.17) is 0 Å². The summed E-state index contributed by atoms with van der Waals surface area (Å²) in [6.45, 7) is 1.11. The third-order valence-electron chi connectivity index (χ3n) is 5.13. The molecule has 0 bridgehead atoms. The molecule has 0 amide bonds. The van der Waals surface area contributed by atoms with Gasteiger partial charge >= 0.3 is 0 Å². The summed E-state index contributed by atoms with van der Waals surface area (Å²) in [4.78, 5) is 0. The van der Waals surface area contributed by atoms with Crippen molar-refractivity contribution >= 4 is 12.4 Å². The summed E-state index contributed by atoms with van der Waals surface area (Å²) in [5.74, 6) is 0.496. The van der Waals surface area contributed by atoms with Crippen molar-refractivity contribution in [2.45, 2.75) is 56.9 Å². The van der Waals surface area contributed by atoms with E-state index in [0.717, 1.165) is 12.6 Å². The Morgan fingerprint density at radius 2 is 1.25 bits per heavy atom. The largest absolute Gasteiger partial charge is 0.314 e. The van der Waals surface area contributed by atoms with E-state index in [1.54, 1.807) is 0 Å². The number of rotatable bonds is 6. The summed E-state index contributed by atoms with van der Waals surface area (Å²) in [6.07, 6.45) is 9.55. The molecule has 0 heterocycles. The van der Waals surface area contributed by atoms with Gasteiger partial charge in [-0.1, -0.05) is 86.3 Å². The minimum Gasteiger partial charge on any atom is -0.314 e. The lowest BCUT2D eigenvalue weighted by Crippen LogP contribution is -2.30. The van der Waals surface area contributed by atoms with E-state index < -0.39 is 0 Å². The van der Waals surface area contributed by atoms with Gasteiger partial charge in [-0.2, -0.15) is 0 Å². The van der Waals surface area contributed by atoms with Crippen molar-refractivity contribution in [3.63, 3.8) is 0 Å². The number of hydrogen-bond acceptors (Lipinski definition) is 1. The molecule has 1 N–H and O–H groups in total. The molecule has 2 aromatic carbocycles. The highest BCUT2D eigenvalue weighted by atomic mass is 35.5. The molecule has 0 radical (unpaired) electrons. The van der Waals surface area contributed by atoms with Crippen LogP contribution in [-0.4, -0.2) is 12.6 Å². The molecule has 0 atom stereocenters. The summed E-state index contributed by atoms with van der Waals surface area (Å²) in [6, 6.07) is 22.6. The van der Waals surface area contributed by atoms with Gasteiger partial charge in [0, 0.05) is 12.0 Å². The first kappa shape index (κ1) is 19.0. The van der Waals surface area contributed by atoms with Crippen LogP contribution in [0.1, 0.15) is 62.0 Å². The zero-order valence-corrected chi connectivity index (χ0v) is 15.3. The van der Waals surface area contributed by atoms with Crippen molar-refractivity contribution < 1.29 is 0 Å². The third kappa shape index (κ3) is 5.65. The fourth-order valence-corrected chi connectivity index (χ4v) is 3.81. The van der Waals surface area contributed by atoms with Crippen LogP contribution >= 0.6 is 12.4 Å². The van der Waals surface area contributed by atoms with Crippen LogP contribution in [0.25, 0.3) is 0 Å². The lowest BCUT2D eigenvalue weighted by Gasteiger charge is -2.21. The zero-order valence-electron chi connectivity index (χ0n) is 14.5. The minimum absolute atomic E-state index is 0. The molecule has 1 aliphatic carbocycles. The van der Waals surface area contributed by atoms with Gasteiger partial charge in [-0.25, -0.2) is 0 Å². The molecule has 3 rings (SSSR count). The van der Waals surface area contributed by atoms with Crippen molar-refractivity contribution in [2.24, 2.45) is 0 Å². The van der Waals surface area contributed by atoms with Gasteiger partial charge in [-0.05, 0) is 36.9 Å². The predicted octanol–water partition coefficient (Wildman–Crippen LogP) is 5.94. The Labute approximate surface area is 153 Å². The molecule has 1 nitrogen and oxygen atoms in total. The molecule has 130 valence electrons.